The molecule has 0 aliphatic rings. The number of carboxylic acid groups (broad SMARTS) is 1. The summed E-state index contributed by atoms with van der Waals surface area (Å²) in [6.45, 7) is 0. The fourth-order valence-electron chi connectivity index (χ4n) is 2.42. The Bertz CT molecular complexity index is 999. The van der Waals surface area contributed by atoms with Crippen LogP contribution in [0.1, 0.15) is 16.1 Å². The lowest BCUT2D eigenvalue weighted by Gasteiger charge is -2.16. The molecule has 0 amide bonds. The van der Waals surface area contributed by atoms with Crippen LogP contribution in [0.15, 0.2) is 52.0 Å². The van der Waals surface area contributed by atoms with Crippen LogP contribution in [0.2, 0.25) is 0 Å². The summed E-state index contributed by atoms with van der Waals surface area (Å²) in [6.07, 6.45) is 1.53. The zero-order valence-electron chi connectivity index (χ0n) is 16.6. The lowest BCUT2D eigenvalue weighted by atomic mass is 10.1. The number of hydrogen-bond donors (Lipinski definition) is 1. The van der Waals surface area contributed by atoms with E-state index in [0.29, 0.717) is 23.3 Å². The predicted octanol–water partition coefficient (Wildman–Crippen LogP) is 1.68. The first-order chi connectivity index (χ1) is 13.8. The fraction of sp³-hybridized carbons (Fsp3) is 0.200. The lowest BCUT2D eigenvalue weighted by molar-refractivity contribution is -0.255. The van der Waals surface area contributed by atoms with Gasteiger partial charge in [-0.15, -0.1) is 0 Å². The van der Waals surface area contributed by atoms with Gasteiger partial charge in [0, 0.05) is 39.8 Å². The van der Waals surface area contributed by atoms with Gasteiger partial charge >= 0.3 is 0 Å². The van der Waals surface area contributed by atoms with E-state index in [1.807, 2.05) is 38.0 Å². The quantitative estimate of drug-likeness (QED) is 0.477. The normalized spacial score (nSPS) is 10.9. The van der Waals surface area contributed by atoms with Gasteiger partial charge in [-0.3, -0.25) is 5.43 Å². The summed E-state index contributed by atoms with van der Waals surface area (Å²) < 4.78 is 5.73. The largest absolute Gasteiger partial charge is 0.545 e. The summed E-state index contributed by atoms with van der Waals surface area (Å²) in [6, 6.07) is 11.6. The van der Waals surface area contributed by atoms with Crippen molar-refractivity contribution in [2.75, 3.05) is 43.4 Å². The number of hydrogen-bond acceptors (Lipinski definition) is 9. The molecule has 0 spiro atoms. The topological polar surface area (TPSA) is 110 Å². The molecule has 150 valence electrons. The zero-order valence-corrected chi connectivity index (χ0v) is 16.6. The number of aromatic nitrogens is 2. The molecule has 0 saturated heterocycles. The summed E-state index contributed by atoms with van der Waals surface area (Å²) >= 11 is 0. The number of benzene rings is 1. The maximum Gasteiger partial charge on any atom is 0.228 e. The Morgan fingerprint density at radius 1 is 1.07 bits per heavy atom. The van der Waals surface area contributed by atoms with Crippen molar-refractivity contribution >= 4 is 29.8 Å². The Morgan fingerprint density at radius 2 is 1.79 bits per heavy atom. The van der Waals surface area contributed by atoms with E-state index in [0.717, 1.165) is 11.4 Å². The minimum atomic E-state index is -1.21. The van der Waals surface area contributed by atoms with Gasteiger partial charge in [0.25, 0.3) is 0 Å². The van der Waals surface area contributed by atoms with Crippen molar-refractivity contribution in [1.82, 2.24) is 9.97 Å². The van der Waals surface area contributed by atoms with Crippen LogP contribution in [0, 0.1) is 0 Å². The number of aromatic carboxylic acids is 1. The molecule has 0 radical (unpaired) electrons. The molecule has 0 unspecified atom stereocenters. The number of carboxylic acids is 1. The molecule has 0 atom stereocenters. The minimum absolute atomic E-state index is 0.116. The van der Waals surface area contributed by atoms with Crippen molar-refractivity contribution in [3.8, 4) is 11.3 Å². The van der Waals surface area contributed by atoms with Gasteiger partial charge in [0.1, 0.15) is 17.3 Å². The summed E-state index contributed by atoms with van der Waals surface area (Å²) in [4.78, 5) is 23.4. The molecule has 3 rings (SSSR count). The molecule has 0 fully saturated rings. The van der Waals surface area contributed by atoms with Gasteiger partial charge in [0.05, 0.1) is 12.2 Å². The summed E-state index contributed by atoms with van der Waals surface area (Å²) in [5, 5.41) is 15.0. The molecule has 2 heterocycles. The summed E-state index contributed by atoms with van der Waals surface area (Å²) in [5.41, 5.74) is 3.76. The second kappa shape index (κ2) is 8.42. The Morgan fingerprint density at radius 3 is 2.41 bits per heavy atom. The van der Waals surface area contributed by atoms with Crippen LogP contribution >= 0.6 is 0 Å². The Hall–Kier alpha value is -3.88. The second-order valence-corrected chi connectivity index (χ2v) is 6.64. The van der Waals surface area contributed by atoms with E-state index in [4.69, 9.17) is 4.42 Å². The molecule has 1 N–H and O–H groups in total. The molecule has 3 aromatic rings. The average molecular weight is 393 g/mol. The minimum Gasteiger partial charge on any atom is -0.545 e. The number of nitrogens with one attached hydrogen (secondary N) is 1. The smallest absolute Gasteiger partial charge is 0.228 e. The number of anilines is 3. The third kappa shape index (κ3) is 4.89. The van der Waals surface area contributed by atoms with Crippen LogP contribution in [-0.4, -0.2) is 50.3 Å². The van der Waals surface area contributed by atoms with E-state index < -0.39 is 5.97 Å². The van der Waals surface area contributed by atoms with Gasteiger partial charge in [-0.2, -0.15) is 15.1 Å². The molecule has 0 bridgehead atoms. The van der Waals surface area contributed by atoms with Crippen LogP contribution < -0.4 is 20.3 Å². The third-order valence-electron chi connectivity index (χ3n) is 3.96. The van der Waals surface area contributed by atoms with Crippen LogP contribution in [0.25, 0.3) is 11.3 Å². The Balaban J connectivity index is 1.72. The molecule has 9 nitrogen and oxygen atoms in total. The molecule has 0 saturated carbocycles. The highest BCUT2D eigenvalue weighted by molar-refractivity contribution is 5.86. The zero-order chi connectivity index (χ0) is 21.0. The standard InChI is InChI=1S/C20H22N6O3/c1-25(2)18-11-17(22-20(23-18)26(3)4)24-21-12-15-9-10-16(29-15)13-5-7-14(8-6-13)19(27)28/h5-12H,1-4H3,(H,27,28)(H,22,23,24)/p-1/b21-12+. The molecule has 0 aliphatic heterocycles. The highest BCUT2D eigenvalue weighted by Crippen LogP contribution is 2.22. The van der Waals surface area contributed by atoms with E-state index in [-0.39, 0.29) is 5.56 Å². The highest BCUT2D eigenvalue weighted by atomic mass is 16.4. The number of carbonyl (C=O) groups excluding carboxylic acids is 1. The predicted molar refractivity (Wildman–Crippen MR) is 110 cm³/mol. The monoisotopic (exact) mass is 393 g/mol. The first-order valence-corrected chi connectivity index (χ1v) is 8.78. The average Bonchev–Trinajstić information content (AvgIpc) is 3.16. The van der Waals surface area contributed by atoms with Crippen molar-refractivity contribution < 1.29 is 14.3 Å². The number of carbonyl (C=O) groups is 1. The third-order valence-corrected chi connectivity index (χ3v) is 3.96. The molecule has 1 aromatic carbocycles. The van der Waals surface area contributed by atoms with Gasteiger partial charge < -0.3 is 24.1 Å². The maximum absolute atomic E-state index is 10.8. The van der Waals surface area contributed by atoms with Gasteiger partial charge in [0.2, 0.25) is 5.95 Å². The summed E-state index contributed by atoms with van der Waals surface area (Å²) in [5.74, 6) is 1.79. The molecule has 0 aliphatic carbocycles. The molecule has 29 heavy (non-hydrogen) atoms. The van der Waals surface area contributed by atoms with E-state index in [2.05, 4.69) is 20.5 Å². The van der Waals surface area contributed by atoms with Crippen molar-refractivity contribution in [3.63, 3.8) is 0 Å². The highest BCUT2D eigenvalue weighted by Gasteiger charge is 2.08. The van der Waals surface area contributed by atoms with Crippen LogP contribution in [0.3, 0.4) is 0 Å². The van der Waals surface area contributed by atoms with E-state index in [9.17, 15) is 9.90 Å². The molecular formula is C20H21N6O3-. The van der Waals surface area contributed by atoms with Gasteiger partial charge in [-0.1, -0.05) is 24.3 Å². The maximum atomic E-state index is 10.8. The SMILES string of the molecule is CN(C)c1cc(N/N=C/c2ccc(-c3ccc(C(=O)[O-])cc3)o2)nc(N(C)C)n1. The first kappa shape index (κ1) is 19.9. The van der Waals surface area contributed by atoms with Gasteiger partial charge in [-0.05, 0) is 17.7 Å². The Kier molecular flexibility index (Phi) is 5.77. The van der Waals surface area contributed by atoms with Gasteiger partial charge in [0.15, 0.2) is 5.82 Å². The van der Waals surface area contributed by atoms with Gasteiger partial charge in [-0.25, -0.2) is 0 Å². The van der Waals surface area contributed by atoms with Crippen molar-refractivity contribution in [3.05, 3.63) is 53.8 Å². The van der Waals surface area contributed by atoms with Crippen LogP contribution in [0.4, 0.5) is 17.6 Å². The summed E-state index contributed by atoms with van der Waals surface area (Å²) in [7, 11) is 7.54. The van der Waals surface area contributed by atoms with E-state index in [1.54, 1.807) is 30.3 Å². The number of nitrogens with zero attached hydrogens (tertiary/aromatic N) is 5. The fourth-order valence-corrected chi connectivity index (χ4v) is 2.42. The van der Waals surface area contributed by atoms with Crippen LogP contribution in [-0.2, 0) is 0 Å². The molecular weight excluding hydrogens is 372 g/mol. The second-order valence-electron chi connectivity index (χ2n) is 6.64. The number of furan rings is 1. The van der Waals surface area contributed by atoms with Crippen molar-refractivity contribution in [1.29, 1.82) is 0 Å². The first-order valence-electron chi connectivity index (χ1n) is 8.78. The van der Waals surface area contributed by atoms with Crippen molar-refractivity contribution in [2.24, 2.45) is 5.10 Å². The Labute approximate surface area is 168 Å². The van der Waals surface area contributed by atoms with Crippen LogP contribution in [0.5, 0.6) is 0 Å². The lowest BCUT2D eigenvalue weighted by Crippen LogP contribution is -2.21. The number of hydrazone groups is 1. The molecule has 2 aromatic heterocycles. The number of rotatable bonds is 7. The molecule has 9 heteroatoms. The van der Waals surface area contributed by atoms with E-state index >= 15 is 0 Å². The van der Waals surface area contributed by atoms with E-state index in [1.165, 1.54) is 18.3 Å². The van der Waals surface area contributed by atoms with Crippen molar-refractivity contribution in [2.45, 2.75) is 0 Å².